The minimum atomic E-state index is -1.63. The number of aliphatic hydroxyl groups excluding tert-OH is 1. The van der Waals surface area contributed by atoms with Crippen LogP contribution in [0.2, 0.25) is 0 Å². The van der Waals surface area contributed by atoms with Crippen molar-refractivity contribution in [1.29, 1.82) is 0 Å². The molecule has 1 aromatic heterocycles. The van der Waals surface area contributed by atoms with Crippen molar-refractivity contribution in [2.45, 2.75) is 16.3 Å². The Bertz CT molecular complexity index is 233. The van der Waals surface area contributed by atoms with Gasteiger partial charge in [-0.05, 0) is 0 Å². The standard InChI is InChI=1S/C6H6Cl3NOS/c7-6(8,9)4(11)3-5-10-1-2-12-5/h1-2,4,11H,3H2/t4-/m0/s1. The monoisotopic (exact) mass is 245 g/mol. The largest absolute Gasteiger partial charge is 0.388 e. The van der Waals surface area contributed by atoms with Crippen LogP contribution >= 0.6 is 46.1 Å². The fourth-order valence-corrected chi connectivity index (χ4v) is 1.52. The van der Waals surface area contributed by atoms with Gasteiger partial charge in [0.2, 0.25) is 3.79 Å². The number of rotatable bonds is 2. The third kappa shape index (κ3) is 3.07. The average Bonchev–Trinajstić information content (AvgIpc) is 2.37. The first kappa shape index (κ1) is 10.5. The van der Waals surface area contributed by atoms with E-state index in [9.17, 15) is 5.11 Å². The van der Waals surface area contributed by atoms with Crippen molar-refractivity contribution in [2.24, 2.45) is 0 Å². The van der Waals surface area contributed by atoms with E-state index >= 15 is 0 Å². The molecule has 1 aromatic rings. The minimum Gasteiger partial charge on any atom is -0.388 e. The molecule has 0 amide bonds. The van der Waals surface area contributed by atoms with Crippen molar-refractivity contribution in [3.8, 4) is 0 Å². The van der Waals surface area contributed by atoms with E-state index in [0.29, 0.717) is 0 Å². The molecule has 1 N–H and O–H groups in total. The summed E-state index contributed by atoms with van der Waals surface area (Å²) in [6.07, 6.45) is 0.910. The van der Waals surface area contributed by atoms with Gasteiger partial charge in [-0.2, -0.15) is 0 Å². The third-order valence-corrected chi connectivity index (χ3v) is 2.79. The molecule has 2 nitrogen and oxygen atoms in total. The SMILES string of the molecule is O[C@@H](Cc1nccs1)C(Cl)(Cl)Cl. The zero-order valence-corrected chi connectivity index (χ0v) is 8.96. The van der Waals surface area contributed by atoms with E-state index in [2.05, 4.69) is 4.98 Å². The zero-order valence-electron chi connectivity index (χ0n) is 5.88. The maximum atomic E-state index is 9.33. The van der Waals surface area contributed by atoms with Crippen molar-refractivity contribution < 1.29 is 5.11 Å². The maximum Gasteiger partial charge on any atom is 0.216 e. The lowest BCUT2D eigenvalue weighted by atomic mass is 10.3. The topological polar surface area (TPSA) is 33.1 Å². The molecule has 0 aliphatic rings. The van der Waals surface area contributed by atoms with Gasteiger partial charge in [0.25, 0.3) is 0 Å². The van der Waals surface area contributed by atoms with Gasteiger partial charge in [0.1, 0.15) is 6.10 Å². The summed E-state index contributed by atoms with van der Waals surface area (Å²) in [6, 6.07) is 0. The number of thiazole rings is 1. The van der Waals surface area contributed by atoms with Crippen molar-refractivity contribution >= 4 is 46.1 Å². The number of hydrogen-bond donors (Lipinski definition) is 1. The van der Waals surface area contributed by atoms with Crippen molar-refractivity contribution in [2.75, 3.05) is 0 Å². The number of alkyl halides is 3. The molecule has 1 heterocycles. The Morgan fingerprint density at radius 3 is 2.67 bits per heavy atom. The Morgan fingerprint density at radius 2 is 2.25 bits per heavy atom. The van der Waals surface area contributed by atoms with E-state index in [1.165, 1.54) is 11.3 Å². The van der Waals surface area contributed by atoms with Crippen LogP contribution in [0.3, 0.4) is 0 Å². The number of aliphatic hydroxyl groups is 1. The normalized spacial score (nSPS) is 14.7. The minimum absolute atomic E-state index is 0.272. The zero-order chi connectivity index (χ0) is 9.19. The molecular formula is C6H6Cl3NOS. The summed E-state index contributed by atoms with van der Waals surface area (Å²) in [5, 5.41) is 11.9. The summed E-state index contributed by atoms with van der Waals surface area (Å²) in [6.45, 7) is 0. The molecule has 0 bridgehead atoms. The van der Waals surface area contributed by atoms with E-state index in [0.717, 1.165) is 5.01 Å². The second kappa shape index (κ2) is 4.11. The summed E-state index contributed by atoms with van der Waals surface area (Å²) in [4.78, 5) is 3.95. The molecule has 0 fully saturated rings. The molecule has 12 heavy (non-hydrogen) atoms. The summed E-state index contributed by atoms with van der Waals surface area (Å²) >= 11 is 17.8. The molecular weight excluding hydrogens is 240 g/mol. The van der Waals surface area contributed by atoms with Crippen LogP contribution in [0.25, 0.3) is 0 Å². The smallest absolute Gasteiger partial charge is 0.216 e. The van der Waals surface area contributed by atoms with E-state index in [4.69, 9.17) is 34.8 Å². The first-order chi connectivity index (χ1) is 5.50. The van der Waals surface area contributed by atoms with Crippen LogP contribution in [-0.4, -0.2) is 20.0 Å². The highest BCUT2D eigenvalue weighted by Crippen LogP contribution is 2.32. The van der Waals surface area contributed by atoms with Gasteiger partial charge in [0, 0.05) is 18.0 Å². The van der Waals surface area contributed by atoms with Gasteiger partial charge in [-0.1, -0.05) is 34.8 Å². The maximum absolute atomic E-state index is 9.33. The Morgan fingerprint density at radius 1 is 1.58 bits per heavy atom. The number of halogens is 3. The van der Waals surface area contributed by atoms with Crippen LogP contribution in [-0.2, 0) is 6.42 Å². The average molecular weight is 247 g/mol. The molecule has 1 atom stereocenters. The Balaban J connectivity index is 2.53. The van der Waals surface area contributed by atoms with Crippen LogP contribution in [0, 0.1) is 0 Å². The van der Waals surface area contributed by atoms with Crippen LogP contribution in [0.1, 0.15) is 5.01 Å². The lowest BCUT2D eigenvalue weighted by molar-refractivity contribution is 0.179. The van der Waals surface area contributed by atoms with Gasteiger partial charge in [0.15, 0.2) is 0 Å². The third-order valence-electron chi connectivity index (χ3n) is 1.23. The van der Waals surface area contributed by atoms with Crippen LogP contribution in [0.15, 0.2) is 11.6 Å². The van der Waals surface area contributed by atoms with Gasteiger partial charge in [-0.3, -0.25) is 0 Å². The van der Waals surface area contributed by atoms with Gasteiger partial charge in [-0.25, -0.2) is 4.98 Å². The van der Waals surface area contributed by atoms with Crippen LogP contribution in [0.4, 0.5) is 0 Å². The highest BCUT2D eigenvalue weighted by atomic mass is 35.6. The number of hydrogen-bond acceptors (Lipinski definition) is 3. The Labute approximate surface area is 89.1 Å². The summed E-state index contributed by atoms with van der Waals surface area (Å²) in [5.41, 5.74) is 0. The van der Waals surface area contributed by atoms with Gasteiger partial charge >= 0.3 is 0 Å². The predicted octanol–water partition coefficient (Wildman–Crippen LogP) is 2.42. The summed E-state index contributed by atoms with van der Waals surface area (Å²) in [7, 11) is 0. The fourth-order valence-electron chi connectivity index (χ4n) is 0.635. The predicted molar refractivity (Wildman–Crippen MR) is 52.1 cm³/mol. The molecule has 0 aromatic carbocycles. The number of nitrogens with zero attached hydrogens (tertiary/aromatic N) is 1. The van der Waals surface area contributed by atoms with Crippen LogP contribution < -0.4 is 0 Å². The molecule has 0 aliphatic carbocycles. The lowest BCUT2D eigenvalue weighted by Crippen LogP contribution is -2.27. The van der Waals surface area contributed by atoms with E-state index in [1.807, 2.05) is 0 Å². The highest BCUT2D eigenvalue weighted by Gasteiger charge is 2.31. The molecule has 0 aliphatic heterocycles. The van der Waals surface area contributed by atoms with Crippen molar-refractivity contribution in [1.82, 2.24) is 4.98 Å². The van der Waals surface area contributed by atoms with Gasteiger partial charge in [-0.15, -0.1) is 11.3 Å². The second-order valence-corrected chi connectivity index (χ2v) is 5.54. The molecule has 6 heteroatoms. The van der Waals surface area contributed by atoms with Gasteiger partial charge in [0.05, 0.1) is 5.01 Å². The molecule has 1 rings (SSSR count). The molecule has 0 saturated carbocycles. The molecule has 0 unspecified atom stereocenters. The summed E-state index contributed by atoms with van der Waals surface area (Å²) < 4.78 is -1.63. The molecule has 0 spiro atoms. The number of aromatic nitrogens is 1. The van der Waals surface area contributed by atoms with Crippen molar-refractivity contribution in [3.05, 3.63) is 16.6 Å². The molecule has 0 saturated heterocycles. The lowest BCUT2D eigenvalue weighted by Gasteiger charge is -2.17. The second-order valence-electron chi connectivity index (χ2n) is 2.19. The van der Waals surface area contributed by atoms with E-state index in [-0.39, 0.29) is 6.42 Å². The quantitative estimate of drug-likeness (QED) is 0.813. The fraction of sp³-hybridized carbons (Fsp3) is 0.500. The highest BCUT2D eigenvalue weighted by molar-refractivity contribution is 7.09. The van der Waals surface area contributed by atoms with Gasteiger partial charge < -0.3 is 5.11 Å². The Hall–Kier alpha value is 0.460. The van der Waals surface area contributed by atoms with Crippen LogP contribution in [0.5, 0.6) is 0 Å². The summed E-state index contributed by atoms with van der Waals surface area (Å²) in [5.74, 6) is 0. The first-order valence-electron chi connectivity index (χ1n) is 3.13. The van der Waals surface area contributed by atoms with E-state index < -0.39 is 9.90 Å². The molecule has 68 valence electrons. The Kier molecular flexibility index (Phi) is 3.61. The van der Waals surface area contributed by atoms with Crippen molar-refractivity contribution in [3.63, 3.8) is 0 Å². The van der Waals surface area contributed by atoms with E-state index in [1.54, 1.807) is 11.6 Å². The first-order valence-corrected chi connectivity index (χ1v) is 5.14. The molecule has 0 radical (unpaired) electrons.